The Morgan fingerprint density at radius 1 is 1.08 bits per heavy atom. The van der Waals surface area contributed by atoms with Crippen molar-refractivity contribution < 1.29 is 14.7 Å². The Balaban J connectivity index is 2.32. The Morgan fingerprint density at radius 2 is 1.69 bits per heavy atom. The number of alkyl halides is 1. The van der Waals surface area contributed by atoms with Crippen LogP contribution in [-0.4, -0.2) is 27.8 Å². The van der Waals surface area contributed by atoms with Crippen LogP contribution in [0.4, 0.5) is 5.69 Å². The van der Waals surface area contributed by atoms with Crippen molar-refractivity contribution in [3.63, 3.8) is 0 Å². The summed E-state index contributed by atoms with van der Waals surface area (Å²) in [5.41, 5.74) is 4.86. The molecule has 1 amide bonds. The van der Waals surface area contributed by atoms with Crippen molar-refractivity contribution in [2.45, 2.75) is 46.1 Å². The predicted molar refractivity (Wildman–Crippen MR) is 104 cm³/mol. The van der Waals surface area contributed by atoms with Gasteiger partial charge in [0.05, 0.1) is 18.7 Å². The summed E-state index contributed by atoms with van der Waals surface area (Å²) < 4.78 is 0. The lowest BCUT2D eigenvalue weighted by Crippen LogP contribution is -2.33. The Labute approximate surface area is 159 Å². The van der Waals surface area contributed by atoms with Gasteiger partial charge in [0, 0.05) is 11.4 Å². The third-order valence-electron chi connectivity index (χ3n) is 4.39. The minimum Gasteiger partial charge on any atom is -0.481 e. The zero-order chi connectivity index (χ0) is 19.1. The molecule has 2 aromatic rings. The fraction of sp³-hybridized carbons (Fsp3) is 0.400. The van der Waals surface area contributed by atoms with Crippen molar-refractivity contribution in [3.8, 4) is 0 Å². The van der Waals surface area contributed by atoms with E-state index in [-0.39, 0.29) is 18.2 Å². The molecular weight excluding hydrogens is 352 g/mol. The molecule has 0 unspecified atom stereocenters. The van der Waals surface area contributed by atoms with Gasteiger partial charge in [-0.05, 0) is 42.5 Å². The molecule has 0 atom stereocenters. The second-order valence-corrected chi connectivity index (χ2v) is 6.42. The molecule has 0 radical (unpaired) electrons. The van der Waals surface area contributed by atoms with E-state index in [1.165, 1.54) is 0 Å². The number of hydrogen-bond donors (Lipinski definition) is 2. The lowest BCUT2D eigenvalue weighted by Gasteiger charge is -2.26. The number of halogens is 1. The van der Waals surface area contributed by atoms with Crippen molar-refractivity contribution in [3.05, 3.63) is 52.8 Å². The molecule has 5 nitrogen and oxygen atoms in total. The van der Waals surface area contributed by atoms with Gasteiger partial charge in [-0.3, -0.25) is 9.59 Å². The summed E-state index contributed by atoms with van der Waals surface area (Å²) in [5.74, 6) is -1.07. The molecule has 0 aliphatic carbocycles. The average Bonchev–Trinajstić information content (AvgIpc) is 3.10. The summed E-state index contributed by atoms with van der Waals surface area (Å²) in [4.78, 5) is 28.3. The molecule has 26 heavy (non-hydrogen) atoms. The number of benzene rings is 1. The highest BCUT2D eigenvalue weighted by atomic mass is 35.5. The number of amides is 1. The number of carboxylic acids is 1. The number of aromatic amines is 1. The zero-order valence-electron chi connectivity index (χ0n) is 15.2. The van der Waals surface area contributed by atoms with Crippen LogP contribution in [0.1, 0.15) is 42.8 Å². The normalized spacial score (nSPS) is 10.7. The van der Waals surface area contributed by atoms with Gasteiger partial charge in [0.1, 0.15) is 5.88 Å². The first kappa shape index (κ1) is 20.0. The van der Waals surface area contributed by atoms with Gasteiger partial charge < -0.3 is 15.0 Å². The van der Waals surface area contributed by atoms with Crippen LogP contribution in [0.15, 0.2) is 30.3 Å². The summed E-state index contributed by atoms with van der Waals surface area (Å²) >= 11 is 5.88. The van der Waals surface area contributed by atoms with Crippen LogP contribution < -0.4 is 4.90 Å². The Bertz CT molecular complexity index is 748. The number of nitrogens with zero attached hydrogens (tertiary/aromatic N) is 1. The first-order chi connectivity index (χ1) is 12.5. The number of rotatable bonds is 9. The number of anilines is 1. The molecule has 2 rings (SSSR count). The molecule has 2 N–H and O–H groups in total. The molecule has 0 saturated heterocycles. The maximum absolute atomic E-state index is 12.6. The Kier molecular flexibility index (Phi) is 7.27. The zero-order valence-corrected chi connectivity index (χ0v) is 16.0. The summed E-state index contributed by atoms with van der Waals surface area (Å²) in [6.45, 7) is 4.52. The number of para-hydroxylation sites is 1. The number of aromatic nitrogens is 1. The van der Waals surface area contributed by atoms with Gasteiger partial charge in [-0.1, -0.05) is 32.0 Å². The summed E-state index contributed by atoms with van der Waals surface area (Å²) in [7, 11) is 0. The van der Waals surface area contributed by atoms with E-state index in [9.17, 15) is 9.59 Å². The molecule has 0 spiro atoms. The van der Waals surface area contributed by atoms with Gasteiger partial charge in [-0.25, -0.2) is 0 Å². The first-order valence-electron chi connectivity index (χ1n) is 8.85. The smallest absolute Gasteiger partial charge is 0.303 e. The molecule has 1 aromatic heterocycles. The van der Waals surface area contributed by atoms with Crippen molar-refractivity contribution in [1.29, 1.82) is 0 Å². The largest absolute Gasteiger partial charge is 0.481 e. The number of carbonyl (C=O) groups excluding carboxylic acids is 1. The monoisotopic (exact) mass is 376 g/mol. The van der Waals surface area contributed by atoms with E-state index in [2.05, 4.69) is 18.8 Å². The molecule has 0 saturated carbocycles. The number of carboxylic acid groups (broad SMARTS) is 1. The standard InChI is InChI=1S/C20H25ClN2O3/c1-3-14-6-5-7-15(4-2)20(14)23(18(24)12-21)13-17-9-8-16(22-17)10-11-19(25)26/h5-9,22H,3-4,10-13H2,1-2H3,(H,25,26). The van der Waals surface area contributed by atoms with Crippen LogP contribution in [-0.2, 0) is 35.4 Å². The summed E-state index contributed by atoms with van der Waals surface area (Å²) in [6, 6.07) is 9.86. The highest BCUT2D eigenvalue weighted by Gasteiger charge is 2.21. The fourth-order valence-electron chi connectivity index (χ4n) is 3.07. The highest BCUT2D eigenvalue weighted by molar-refractivity contribution is 6.29. The number of aliphatic carboxylic acids is 1. The second-order valence-electron chi connectivity index (χ2n) is 6.15. The molecule has 6 heteroatoms. The van der Waals surface area contributed by atoms with E-state index in [4.69, 9.17) is 16.7 Å². The molecular formula is C20H25ClN2O3. The van der Waals surface area contributed by atoms with Crippen molar-refractivity contribution in [2.24, 2.45) is 0 Å². The number of nitrogens with one attached hydrogen (secondary N) is 1. The lowest BCUT2D eigenvalue weighted by atomic mass is 10.0. The molecule has 0 fully saturated rings. The van der Waals surface area contributed by atoms with Crippen LogP contribution in [0.5, 0.6) is 0 Å². The number of hydrogen-bond acceptors (Lipinski definition) is 2. The predicted octanol–water partition coefficient (Wildman–Crippen LogP) is 3.93. The van der Waals surface area contributed by atoms with Crippen LogP contribution in [0.2, 0.25) is 0 Å². The lowest BCUT2D eigenvalue weighted by molar-refractivity contribution is -0.137. The van der Waals surface area contributed by atoms with Crippen LogP contribution >= 0.6 is 11.6 Å². The maximum atomic E-state index is 12.6. The highest BCUT2D eigenvalue weighted by Crippen LogP contribution is 2.29. The van der Waals surface area contributed by atoms with Gasteiger partial charge in [0.25, 0.3) is 0 Å². The van der Waals surface area contributed by atoms with E-state index in [0.29, 0.717) is 13.0 Å². The van der Waals surface area contributed by atoms with Crippen LogP contribution in [0.3, 0.4) is 0 Å². The van der Waals surface area contributed by atoms with Crippen LogP contribution in [0.25, 0.3) is 0 Å². The number of carbonyl (C=O) groups is 2. The van der Waals surface area contributed by atoms with Crippen molar-refractivity contribution in [1.82, 2.24) is 4.98 Å². The number of H-pyrrole nitrogens is 1. The van der Waals surface area contributed by atoms with Gasteiger partial charge in [0.15, 0.2) is 0 Å². The maximum Gasteiger partial charge on any atom is 0.303 e. The molecule has 0 aliphatic rings. The minimum absolute atomic E-state index is 0.0724. The van der Waals surface area contributed by atoms with Crippen LogP contribution in [0, 0.1) is 0 Å². The van der Waals surface area contributed by atoms with E-state index < -0.39 is 5.97 Å². The SMILES string of the molecule is CCc1cccc(CC)c1N(Cc1ccc(CCC(=O)O)[nH]1)C(=O)CCl. The Hall–Kier alpha value is -2.27. The first-order valence-corrected chi connectivity index (χ1v) is 9.39. The minimum atomic E-state index is -0.829. The van der Waals surface area contributed by atoms with Crippen molar-refractivity contribution in [2.75, 3.05) is 10.8 Å². The molecule has 1 aromatic carbocycles. The van der Waals surface area contributed by atoms with E-state index in [1.54, 1.807) is 4.90 Å². The van der Waals surface area contributed by atoms with E-state index in [0.717, 1.165) is 41.0 Å². The van der Waals surface area contributed by atoms with E-state index in [1.807, 2.05) is 30.3 Å². The molecule has 0 bridgehead atoms. The van der Waals surface area contributed by atoms with Gasteiger partial charge in [0.2, 0.25) is 5.91 Å². The topological polar surface area (TPSA) is 73.4 Å². The van der Waals surface area contributed by atoms with Gasteiger partial charge in [-0.15, -0.1) is 11.6 Å². The quantitative estimate of drug-likeness (QED) is 0.651. The molecule has 1 heterocycles. The van der Waals surface area contributed by atoms with E-state index >= 15 is 0 Å². The van der Waals surface area contributed by atoms with Gasteiger partial charge >= 0.3 is 5.97 Å². The summed E-state index contributed by atoms with van der Waals surface area (Å²) in [6.07, 6.45) is 2.15. The third kappa shape index (κ3) is 4.88. The summed E-state index contributed by atoms with van der Waals surface area (Å²) in [5, 5.41) is 8.81. The fourth-order valence-corrected chi connectivity index (χ4v) is 3.21. The molecule has 140 valence electrons. The average molecular weight is 377 g/mol. The van der Waals surface area contributed by atoms with Gasteiger partial charge in [-0.2, -0.15) is 0 Å². The third-order valence-corrected chi connectivity index (χ3v) is 4.62. The number of aryl methyl sites for hydroxylation is 3. The van der Waals surface area contributed by atoms with Crippen molar-refractivity contribution >= 4 is 29.2 Å². The molecule has 0 aliphatic heterocycles. The second kappa shape index (κ2) is 9.43. The Morgan fingerprint density at radius 3 is 2.23 bits per heavy atom.